The maximum absolute atomic E-state index is 10.0. The zero-order valence-corrected chi connectivity index (χ0v) is 14.3. The van der Waals surface area contributed by atoms with Crippen molar-refractivity contribution in [2.45, 2.75) is 31.3 Å². The Morgan fingerprint density at radius 2 is 1.95 bits per heavy atom. The highest BCUT2D eigenvalue weighted by Gasteiger charge is 2.04. The van der Waals surface area contributed by atoms with Crippen LogP contribution in [0.3, 0.4) is 0 Å². The lowest BCUT2D eigenvalue weighted by atomic mass is 10.2. The molecule has 0 atom stereocenters. The van der Waals surface area contributed by atoms with Crippen LogP contribution in [-0.4, -0.2) is 38.5 Å². The van der Waals surface area contributed by atoms with E-state index < -0.39 is 0 Å². The highest BCUT2D eigenvalue weighted by molar-refractivity contribution is 7.98. The molecule has 5 nitrogen and oxygen atoms in total. The molecular weight excluding hydrogens is 286 g/mol. The highest BCUT2D eigenvalue weighted by atomic mass is 32.2. The molecule has 0 radical (unpaired) electrons. The second-order valence-corrected chi connectivity index (χ2v) is 6.15. The standard InChI is InChI=1S/C10H15N3OS.C5H12O/c1-15-8-2-3-9(11)10(6-8)13-5-4-12-7-14;1-5(2,3)6-4/h2-3,6-7,13H,4-5,11H2,1H3,(H,12,14);1-4H3. The third-order valence-electron chi connectivity index (χ3n) is 2.54. The zero-order valence-electron chi connectivity index (χ0n) is 13.5. The number of benzene rings is 1. The van der Waals surface area contributed by atoms with Gasteiger partial charge in [0.1, 0.15) is 0 Å². The second-order valence-electron chi connectivity index (χ2n) is 5.27. The number of rotatable bonds is 6. The van der Waals surface area contributed by atoms with Gasteiger partial charge >= 0.3 is 0 Å². The van der Waals surface area contributed by atoms with Crippen LogP contribution in [0.1, 0.15) is 20.8 Å². The second kappa shape index (κ2) is 10.3. The molecule has 0 unspecified atom stereocenters. The van der Waals surface area contributed by atoms with Crippen molar-refractivity contribution in [2.75, 3.05) is 37.5 Å². The van der Waals surface area contributed by atoms with Gasteiger partial charge in [0.05, 0.1) is 17.0 Å². The SMILES string of the molecule is COC(C)(C)C.CSc1ccc(N)c(NCCNC=O)c1. The summed E-state index contributed by atoms with van der Waals surface area (Å²) >= 11 is 1.67. The number of hydrogen-bond donors (Lipinski definition) is 3. The van der Waals surface area contributed by atoms with Gasteiger partial charge in [0.15, 0.2) is 0 Å². The average Bonchev–Trinajstić information content (AvgIpc) is 2.45. The lowest BCUT2D eigenvalue weighted by Gasteiger charge is -2.14. The van der Waals surface area contributed by atoms with Gasteiger partial charge in [-0.05, 0) is 45.2 Å². The molecule has 0 saturated heterocycles. The van der Waals surface area contributed by atoms with Crippen molar-refractivity contribution in [1.29, 1.82) is 0 Å². The van der Waals surface area contributed by atoms with Gasteiger partial charge in [0.2, 0.25) is 6.41 Å². The van der Waals surface area contributed by atoms with Gasteiger partial charge in [-0.25, -0.2) is 0 Å². The fourth-order valence-corrected chi connectivity index (χ4v) is 1.58. The summed E-state index contributed by atoms with van der Waals surface area (Å²) in [5, 5.41) is 5.74. The summed E-state index contributed by atoms with van der Waals surface area (Å²) < 4.78 is 4.94. The topological polar surface area (TPSA) is 76.4 Å². The van der Waals surface area contributed by atoms with E-state index in [0.717, 1.165) is 16.3 Å². The van der Waals surface area contributed by atoms with E-state index in [1.165, 1.54) is 0 Å². The number of nitrogens with one attached hydrogen (secondary N) is 2. The minimum absolute atomic E-state index is 0.0417. The molecule has 1 aromatic carbocycles. The third kappa shape index (κ3) is 10.0. The molecule has 0 aliphatic carbocycles. The van der Waals surface area contributed by atoms with Crippen molar-refractivity contribution in [2.24, 2.45) is 0 Å². The van der Waals surface area contributed by atoms with Crippen molar-refractivity contribution in [3.05, 3.63) is 18.2 Å². The van der Waals surface area contributed by atoms with Crippen LogP contribution >= 0.6 is 11.8 Å². The molecule has 0 aliphatic rings. The average molecular weight is 313 g/mol. The van der Waals surface area contributed by atoms with Crippen molar-refractivity contribution < 1.29 is 9.53 Å². The zero-order chi connectivity index (χ0) is 16.3. The van der Waals surface area contributed by atoms with E-state index in [9.17, 15) is 4.79 Å². The first-order valence-electron chi connectivity index (χ1n) is 6.73. The van der Waals surface area contributed by atoms with Crippen LogP contribution in [0.15, 0.2) is 23.1 Å². The quantitative estimate of drug-likeness (QED) is 0.326. The van der Waals surface area contributed by atoms with E-state index in [-0.39, 0.29) is 5.60 Å². The molecule has 0 bridgehead atoms. The number of carbonyl (C=O) groups is 1. The summed E-state index contributed by atoms with van der Waals surface area (Å²) in [7, 11) is 1.71. The first kappa shape index (κ1) is 19.6. The van der Waals surface area contributed by atoms with Crippen molar-refractivity contribution in [1.82, 2.24) is 5.32 Å². The molecule has 0 aliphatic heterocycles. The number of nitrogens with two attached hydrogens (primary N) is 1. The minimum atomic E-state index is 0.0417. The van der Waals surface area contributed by atoms with E-state index in [2.05, 4.69) is 10.6 Å². The molecule has 21 heavy (non-hydrogen) atoms. The first-order valence-corrected chi connectivity index (χ1v) is 7.96. The Morgan fingerprint density at radius 1 is 1.33 bits per heavy atom. The molecule has 0 fully saturated rings. The minimum Gasteiger partial charge on any atom is -0.397 e. The molecule has 0 saturated carbocycles. The Bertz CT molecular complexity index is 420. The van der Waals surface area contributed by atoms with Crippen molar-refractivity contribution in [3.8, 4) is 0 Å². The van der Waals surface area contributed by atoms with Gasteiger partial charge < -0.3 is 21.1 Å². The molecule has 4 N–H and O–H groups in total. The molecule has 6 heteroatoms. The van der Waals surface area contributed by atoms with Crippen LogP contribution in [0, 0.1) is 0 Å². The van der Waals surface area contributed by atoms with Crippen LogP contribution in [0.4, 0.5) is 11.4 Å². The fourth-order valence-electron chi connectivity index (χ4n) is 1.14. The lowest BCUT2D eigenvalue weighted by molar-refractivity contribution is -0.109. The Morgan fingerprint density at radius 3 is 2.43 bits per heavy atom. The number of carbonyl (C=O) groups excluding carboxylic acids is 1. The van der Waals surface area contributed by atoms with Gasteiger partial charge in [-0.3, -0.25) is 4.79 Å². The van der Waals surface area contributed by atoms with E-state index in [1.807, 2.05) is 45.2 Å². The van der Waals surface area contributed by atoms with Gasteiger partial charge in [0, 0.05) is 25.1 Å². The Labute approximate surface area is 132 Å². The smallest absolute Gasteiger partial charge is 0.207 e. The number of ether oxygens (including phenoxy) is 1. The number of anilines is 2. The van der Waals surface area contributed by atoms with Gasteiger partial charge in [-0.15, -0.1) is 11.8 Å². The maximum atomic E-state index is 10.0. The number of thioether (sulfide) groups is 1. The monoisotopic (exact) mass is 313 g/mol. The molecular formula is C15H27N3O2S. The largest absolute Gasteiger partial charge is 0.397 e. The fraction of sp³-hybridized carbons (Fsp3) is 0.533. The Kier molecular flexibility index (Phi) is 9.65. The predicted molar refractivity (Wildman–Crippen MR) is 92.0 cm³/mol. The van der Waals surface area contributed by atoms with Crippen molar-refractivity contribution in [3.63, 3.8) is 0 Å². The number of amides is 1. The molecule has 1 aromatic rings. The van der Waals surface area contributed by atoms with Crippen LogP contribution in [0.25, 0.3) is 0 Å². The summed E-state index contributed by atoms with van der Waals surface area (Å²) in [6.45, 7) is 7.32. The summed E-state index contributed by atoms with van der Waals surface area (Å²) in [5.74, 6) is 0. The van der Waals surface area contributed by atoms with Crippen LogP contribution in [-0.2, 0) is 9.53 Å². The molecule has 0 spiro atoms. The highest BCUT2D eigenvalue weighted by Crippen LogP contribution is 2.24. The molecule has 0 heterocycles. The van der Waals surface area contributed by atoms with Crippen LogP contribution in [0.5, 0.6) is 0 Å². The summed E-state index contributed by atoms with van der Waals surface area (Å²) in [6.07, 6.45) is 2.70. The number of hydrogen-bond acceptors (Lipinski definition) is 5. The normalized spacial score (nSPS) is 10.3. The number of methoxy groups -OCH3 is 1. The molecule has 0 aromatic heterocycles. The third-order valence-corrected chi connectivity index (χ3v) is 3.27. The van der Waals surface area contributed by atoms with E-state index in [1.54, 1.807) is 18.9 Å². The maximum Gasteiger partial charge on any atom is 0.207 e. The predicted octanol–water partition coefficient (Wildman–Crippen LogP) is 2.58. The van der Waals surface area contributed by atoms with E-state index in [0.29, 0.717) is 19.5 Å². The van der Waals surface area contributed by atoms with E-state index >= 15 is 0 Å². The van der Waals surface area contributed by atoms with E-state index in [4.69, 9.17) is 10.5 Å². The number of nitrogen functional groups attached to an aromatic ring is 1. The summed E-state index contributed by atoms with van der Waals surface area (Å²) in [5.41, 5.74) is 7.47. The lowest BCUT2D eigenvalue weighted by Crippen LogP contribution is -2.20. The Balaban J connectivity index is 0.000000567. The summed E-state index contributed by atoms with van der Waals surface area (Å²) in [4.78, 5) is 11.2. The summed E-state index contributed by atoms with van der Waals surface area (Å²) in [6, 6.07) is 5.86. The van der Waals surface area contributed by atoms with Gasteiger partial charge in [-0.1, -0.05) is 0 Å². The van der Waals surface area contributed by atoms with Gasteiger partial charge in [0.25, 0.3) is 0 Å². The van der Waals surface area contributed by atoms with Crippen LogP contribution in [0.2, 0.25) is 0 Å². The van der Waals surface area contributed by atoms with Crippen LogP contribution < -0.4 is 16.4 Å². The Hall–Kier alpha value is -1.40. The first-order chi connectivity index (χ1) is 9.84. The van der Waals surface area contributed by atoms with Gasteiger partial charge in [-0.2, -0.15) is 0 Å². The molecule has 120 valence electrons. The molecule has 1 rings (SSSR count). The molecule has 1 amide bonds. The van der Waals surface area contributed by atoms with Crippen molar-refractivity contribution >= 4 is 29.5 Å².